The molecule has 266 valence electrons. The van der Waals surface area contributed by atoms with Crippen molar-refractivity contribution in [2.75, 3.05) is 13.2 Å². The molecule has 36 heteroatoms. The summed E-state index contributed by atoms with van der Waals surface area (Å²) in [4.78, 5) is 135. The Morgan fingerprint density at radius 1 is 0.396 bits per heavy atom. The van der Waals surface area contributed by atoms with Crippen molar-refractivity contribution in [3.63, 3.8) is 0 Å². The first-order chi connectivity index (χ1) is 22.2. The summed E-state index contributed by atoms with van der Waals surface area (Å²) in [6.45, 7) is -3.51. The van der Waals surface area contributed by atoms with E-state index >= 15 is 0 Å². The highest BCUT2D eigenvalue weighted by Gasteiger charge is 2.47. The summed E-state index contributed by atoms with van der Waals surface area (Å²) in [5.74, 6) is 0. The first kappa shape index (κ1) is 40.0. The van der Waals surface area contributed by atoms with E-state index in [2.05, 4.69) is 28.4 Å². The van der Waals surface area contributed by atoms with Crippen LogP contribution in [0.25, 0.3) is 0 Å². The highest BCUT2D eigenvalue weighted by molar-refractivity contribution is 5.69. The molecule has 0 aliphatic rings. The highest BCUT2D eigenvalue weighted by atomic mass is 16.7. The van der Waals surface area contributed by atoms with Gasteiger partial charge in [-0.05, 0) is 32.6 Å². The van der Waals surface area contributed by atoms with Gasteiger partial charge in [-0.25, -0.2) is 89.5 Å². The fraction of sp³-hybridized carbons (Fsp3) is 0.500. The third kappa shape index (κ3) is 17.9. The van der Waals surface area contributed by atoms with Crippen LogP contribution in [-0.4, -0.2) is 104 Å². The van der Waals surface area contributed by atoms with Gasteiger partial charge in [-0.3, -0.25) is 0 Å². The van der Waals surface area contributed by atoms with Crippen molar-refractivity contribution in [2.45, 2.75) is 24.4 Å². The topological polar surface area (TPSA) is 489 Å². The molecule has 0 aromatic carbocycles. The number of carbonyl (C=O) groups is 6. The summed E-state index contributed by atoms with van der Waals surface area (Å²) in [6.07, 6.45) is -25.1. The van der Waals surface area contributed by atoms with Gasteiger partial charge < -0.3 is 28.4 Å². The number of hydrogen-bond donors (Lipinski definition) is 6. The van der Waals surface area contributed by atoms with E-state index in [9.17, 15) is 89.5 Å². The fourth-order valence-corrected chi connectivity index (χ4v) is 2.56. The van der Waals surface area contributed by atoms with Gasteiger partial charge >= 0.3 is 36.6 Å². The lowest BCUT2D eigenvalue weighted by Crippen LogP contribution is -2.57. The van der Waals surface area contributed by atoms with Crippen molar-refractivity contribution in [1.82, 2.24) is 32.6 Å². The molecule has 6 N–H and O–H groups in total. The van der Waals surface area contributed by atoms with Crippen LogP contribution in [0.5, 0.6) is 0 Å². The minimum absolute atomic E-state index is 0.766. The molecule has 0 fully saturated rings. The summed E-state index contributed by atoms with van der Waals surface area (Å²) in [6, 6.07) is 0. The highest BCUT2D eigenvalue weighted by Crippen LogP contribution is 2.21. The zero-order valence-electron chi connectivity index (χ0n) is 22.2. The molecule has 0 radical (unpaired) electrons. The molecule has 4 atom stereocenters. The number of carbonyl (C=O) groups excluding carboxylic acids is 6. The number of nitro groups is 6. The van der Waals surface area contributed by atoms with Crippen LogP contribution < -0.4 is 32.6 Å². The predicted octanol–water partition coefficient (Wildman–Crippen LogP) is -4.03. The Bertz CT molecular complexity index is 1220. The van der Waals surface area contributed by atoms with E-state index in [-0.39, 0.29) is 0 Å². The van der Waals surface area contributed by atoms with Gasteiger partial charge in [0.2, 0.25) is 0 Å². The summed E-state index contributed by atoms with van der Waals surface area (Å²) >= 11 is 0. The second-order valence-corrected chi connectivity index (χ2v) is 7.04. The van der Waals surface area contributed by atoms with Crippen LogP contribution in [0.1, 0.15) is 0 Å². The van der Waals surface area contributed by atoms with E-state index in [1.807, 2.05) is 0 Å². The summed E-state index contributed by atoms with van der Waals surface area (Å²) in [5, 5.41) is 54.1. The summed E-state index contributed by atoms with van der Waals surface area (Å²) < 4.78 is 26.6. The van der Waals surface area contributed by atoms with Crippen LogP contribution in [0.15, 0.2) is 0 Å². The molecule has 0 bridgehead atoms. The van der Waals surface area contributed by atoms with Crippen molar-refractivity contribution in [1.29, 1.82) is 0 Å². The number of nitrogens with one attached hydrogen (secondary N) is 6. The minimum Gasteiger partial charge on any atom is -0.442 e. The van der Waals surface area contributed by atoms with Crippen molar-refractivity contribution < 1.29 is 87.4 Å². The molecule has 0 unspecified atom stereocenters. The first-order valence-corrected chi connectivity index (χ1v) is 10.8. The lowest BCUT2D eigenvalue weighted by atomic mass is 10.0. The molecule has 0 aromatic heterocycles. The van der Waals surface area contributed by atoms with Gasteiger partial charge in [0.1, 0.15) is 13.2 Å². The maximum atomic E-state index is 12.2. The normalized spacial score (nSPS) is 12.2. The van der Waals surface area contributed by atoms with E-state index in [1.165, 1.54) is 0 Å². The van der Waals surface area contributed by atoms with E-state index in [1.54, 1.807) is 0 Å². The van der Waals surface area contributed by atoms with Gasteiger partial charge in [-0.1, -0.05) is 0 Å². The molecule has 0 saturated heterocycles. The van der Waals surface area contributed by atoms with Crippen molar-refractivity contribution in [3.05, 3.63) is 60.7 Å². The molecule has 0 heterocycles. The molecule has 0 aromatic rings. The average Bonchev–Trinajstić information content (AvgIpc) is 2.88. The molecule has 0 rings (SSSR count). The van der Waals surface area contributed by atoms with Gasteiger partial charge in [-0.15, -0.1) is 0 Å². The van der Waals surface area contributed by atoms with Crippen LogP contribution >= 0.6 is 0 Å². The van der Waals surface area contributed by atoms with Gasteiger partial charge in [-0.2, -0.15) is 0 Å². The largest absolute Gasteiger partial charge is 0.466 e. The lowest BCUT2D eigenvalue weighted by Gasteiger charge is -2.34. The molecule has 0 aliphatic heterocycles. The standard InChI is InChI=1S/C12H14N12O24/c25-7(13-19(31)32)43-1-3(45-9(27)15-21(35)36)5(47-11(29)17-23(39)40)6(48-12(30)18-24(41)42)4(46-10(28)16-22(37)38)2-44-8(26)14-20(33)34/h3-6H,1-2H2,(H,13,25)(H,14,26)(H,15,27)(H,16,28)(H,17,29)(H,18,30)/t3-,4-,5-,6-/m1/s1. The number of nitrogens with zero attached hydrogens (tertiary/aromatic N) is 6. The second-order valence-electron chi connectivity index (χ2n) is 7.04. The van der Waals surface area contributed by atoms with Crippen molar-refractivity contribution >= 4 is 36.6 Å². The molecular formula is C12H14N12O24. The Kier molecular flexibility index (Phi) is 16.1. The first-order valence-electron chi connectivity index (χ1n) is 10.8. The van der Waals surface area contributed by atoms with Gasteiger partial charge in [0, 0.05) is 0 Å². The third-order valence-electron chi connectivity index (χ3n) is 3.91. The van der Waals surface area contributed by atoms with E-state index in [0.29, 0.717) is 0 Å². The Hall–Kier alpha value is -7.98. The van der Waals surface area contributed by atoms with Crippen molar-refractivity contribution in [3.8, 4) is 0 Å². The fourth-order valence-electron chi connectivity index (χ4n) is 2.56. The van der Waals surface area contributed by atoms with Gasteiger partial charge in [0.05, 0.1) is 0 Å². The van der Waals surface area contributed by atoms with Crippen LogP contribution in [0.3, 0.4) is 0 Å². The van der Waals surface area contributed by atoms with Crippen LogP contribution in [0.4, 0.5) is 28.8 Å². The molecule has 6 amide bonds. The van der Waals surface area contributed by atoms with Gasteiger partial charge in [0.15, 0.2) is 54.6 Å². The van der Waals surface area contributed by atoms with Crippen LogP contribution in [0, 0.1) is 60.7 Å². The maximum absolute atomic E-state index is 12.2. The van der Waals surface area contributed by atoms with Crippen LogP contribution in [-0.2, 0) is 28.4 Å². The minimum atomic E-state index is -3.06. The smallest absolute Gasteiger partial charge is 0.442 e. The van der Waals surface area contributed by atoms with Gasteiger partial charge in [0.25, 0.3) is 0 Å². The third-order valence-corrected chi connectivity index (χ3v) is 3.91. The number of ether oxygens (including phenoxy) is 6. The number of rotatable bonds is 17. The molecular weight excluding hydrogens is 696 g/mol. The molecule has 36 nitrogen and oxygen atoms in total. The number of hydrogen-bond acceptors (Lipinski definition) is 24. The van der Waals surface area contributed by atoms with E-state index < -0.39 is 104 Å². The average molecular weight is 710 g/mol. The predicted molar refractivity (Wildman–Crippen MR) is 125 cm³/mol. The maximum Gasteiger partial charge on any atom is 0.466 e. The molecule has 48 heavy (non-hydrogen) atoms. The van der Waals surface area contributed by atoms with E-state index in [0.717, 1.165) is 32.6 Å². The molecule has 0 aliphatic carbocycles. The zero-order valence-corrected chi connectivity index (χ0v) is 22.2. The molecule has 0 spiro atoms. The summed E-state index contributed by atoms with van der Waals surface area (Å²) in [5.41, 5.74) is 4.80. The summed E-state index contributed by atoms with van der Waals surface area (Å²) in [7, 11) is 0. The monoisotopic (exact) mass is 710 g/mol. The SMILES string of the molecule is O=C(N[N+](=O)[O-])OC[C@@H](OC(=O)N[N+](=O)[O-])[C@@H](OC(=O)N[N+](=O)[O-])[C@H](OC(=O)N[N+](=O)[O-])[C@@H](COC(=O)N[N+](=O)[O-])OC(=O)N[N+](=O)[O-]. The van der Waals surface area contributed by atoms with Crippen LogP contribution in [0.2, 0.25) is 0 Å². The zero-order chi connectivity index (χ0) is 37.1. The molecule has 0 saturated carbocycles. The number of amides is 6. The van der Waals surface area contributed by atoms with Crippen molar-refractivity contribution in [2.24, 2.45) is 0 Å². The Labute approximate surface area is 255 Å². The Balaban J connectivity index is 7.33. The Morgan fingerprint density at radius 2 is 0.604 bits per heavy atom. The van der Waals surface area contributed by atoms with E-state index in [4.69, 9.17) is 0 Å². The lowest BCUT2D eigenvalue weighted by molar-refractivity contribution is -0.532. The second kappa shape index (κ2) is 19.3. The Morgan fingerprint density at radius 3 is 0.833 bits per heavy atom. The number of hydrazine groups is 6. The quantitative estimate of drug-likeness (QED) is 0.0475.